The molecule has 5 heteroatoms. The number of hydrogen-bond acceptors (Lipinski definition) is 4. The maximum atomic E-state index is 11.8. The van der Waals surface area contributed by atoms with E-state index in [1.807, 2.05) is 17.7 Å². The standard InChI is InChI=1S/C11H18N2OS2/c1-3-5-12-6-7-13-11(14)10-9(15-2)4-8-16-10/h4,8,12H,3,5-7H2,1-2H3,(H,13,14). The first-order valence-electron chi connectivity index (χ1n) is 5.40. The van der Waals surface area contributed by atoms with E-state index in [0.29, 0.717) is 6.54 Å². The van der Waals surface area contributed by atoms with Crippen molar-refractivity contribution in [2.45, 2.75) is 18.2 Å². The summed E-state index contributed by atoms with van der Waals surface area (Å²) in [6, 6.07) is 1.99. The number of amides is 1. The fraction of sp³-hybridized carbons (Fsp3) is 0.545. The van der Waals surface area contributed by atoms with Gasteiger partial charge in [-0.05, 0) is 30.7 Å². The van der Waals surface area contributed by atoms with E-state index in [-0.39, 0.29) is 5.91 Å². The molecule has 0 aliphatic heterocycles. The van der Waals surface area contributed by atoms with Crippen molar-refractivity contribution in [2.24, 2.45) is 0 Å². The average molecular weight is 258 g/mol. The lowest BCUT2D eigenvalue weighted by molar-refractivity contribution is 0.0955. The highest BCUT2D eigenvalue weighted by Gasteiger charge is 2.11. The Bertz CT molecular complexity index is 326. The van der Waals surface area contributed by atoms with Gasteiger partial charge in [-0.1, -0.05) is 6.92 Å². The summed E-state index contributed by atoms with van der Waals surface area (Å²) in [6.07, 6.45) is 3.11. The molecule has 0 fully saturated rings. The summed E-state index contributed by atoms with van der Waals surface area (Å²) in [4.78, 5) is 13.7. The maximum absolute atomic E-state index is 11.8. The van der Waals surface area contributed by atoms with E-state index in [1.165, 1.54) is 11.3 Å². The molecule has 1 heterocycles. The summed E-state index contributed by atoms with van der Waals surface area (Å²) < 4.78 is 0. The number of carbonyl (C=O) groups is 1. The van der Waals surface area contributed by atoms with E-state index in [0.717, 1.165) is 29.3 Å². The molecular formula is C11H18N2OS2. The zero-order chi connectivity index (χ0) is 11.8. The van der Waals surface area contributed by atoms with Crippen molar-refractivity contribution in [3.05, 3.63) is 16.3 Å². The number of carbonyl (C=O) groups excluding carboxylic acids is 1. The molecule has 0 aliphatic carbocycles. The average Bonchev–Trinajstić information content (AvgIpc) is 2.76. The number of hydrogen-bond donors (Lipinski definition) is 2. The minimum Gasteiger partial charge on any atom is -0.350 e. The van der Waals surface area contributed by atoms with Crippen molar-refractivity contribution < 1.29 is 4.79 Å². The van der Waals surface area contributed by atoms with E-state index < -0.39 is 0 Å². The van der Waals surface area contributed by atoms with E-state index >= 15 is 0 Å². The Hall–Kier alpha value is -0.520. The molecule has 0 bridgehead atoms. The summed E-state index contributed by atoms with van der Waals surface area (Å²) in [7, 11) is 0. The Balaban J connectivity index is 2.30. The lowest BCUT2D eigenvalue weighted by Crippen LogP contribution is -2.31. The first kappa shape index (κ1) is 13.5. The van der Waals surface area contributed by atoms with Gasteiger partial charge in [0.1, 0.15) is 4.88 Å². The quantitative estimate of drug-likeness (QED) is 0.582. The Morgan fingerprint density at radius 1 is 1.44 bits per heavy atom. The summed E-state index contributed by atoms with van der Waals surface area (Å²) in [5.74, 6) is 0.0395. The molecule has 1 rings (SSSR count). The van der Waals surface area contributed by atoms with Gasteiger partial charge in [-0.15, -0.1) is 23.1 Å². The Morgan fingerprint density at radius 3 is 2.94 bits per heavy atom. The lowest BCUT2D eigenvalue weighted by Gasteiger charge is -2.05. The molecule has 90 valence electrons. The topological polar surface area (TPSA) is 41.1 Å². The zero-order valence-electron chi connectivity index (χ0n) is 9.71. The van der Waals surface area contributed by atoms with Crippen LogP contribution in [0.2, 0.25) is 0 Å². The molecule has 2 N–H and O–H groups in total. The van der Waals surface area contributed by atoms with Crippen molar-refractivity contribution in [2.75, 3.05) is 25.9 Å². The van der Waals surface area contributed by atoms with Crippen molar-refractivity contribution in [3.63, 3.8) is 0 Å². The molecule has 0 radical (unpaired) electrons. The molecule has 0 atom stereocenters. The van der Waals surface area contributed by atoms with Crippen molar-refractivity contribution in [3.8, 4) is 0 Å². The molecule has 0 aliphatic rings. The molecule has 16 heavy (non-hydrogen) atoms. The van der Waals surface area contributed by atoms with Gasteiger partial charge in [0.25, 0.3) is 5.91 Å². The molecule has 1 aromatic rings. The normalized spacial score (nSPS) is 10.4. The molecular weight excluding hydrogens is 240 g/mol. The molecule has 0 saturated heterocycles. The summed E-state index contributed by atoms with van der Waals surface area (Å²) in [5, 5.41) is 8.12. The first-order chi connectivity index (χ1) is 7.79. The van der Waals surface area contributed by atoms with E-state index in [1.54, 1.807) is 11.8 Å². The number of nitrogens with one attached hydrogen (secondary N) is 2. The number of thiophene rings is 1. The van der Waals surface area contributed by atoms with Crippen LogP contribution in [0.25, 0.3) is 0 Å². The van der Waals surface area contributed by atoms with Crippen molar-refractivity contribution in [1.82, 2.24) is 10.6 Å². The van der Waals surface area contributed by atoms with Crippen molar-refractivity contribution in [1.29, 1.82) is 0 Å². The highest BCUT2D eigenvalue weighted by Crippen LogP contribution is 2.25. The number of rotatable bonds is 7. The van der Waals surface area contributed by atoms with Gasteiger partial charge < -0.3 is 10.6 Å². The first-order valence-corrected chi connectivity index (χ1v) is 7.50. The molecule has 1 aromatic heterocycles. The lowest BCUT2D eigenvalue weighted by atomic mass is 10.4. The molecule has 0 saturated carbocycles. The van der Waals surface area contributed by atoms with E-state index in [4.69, 9.17) is 0 Å². The number of thioether (sulfide) groups is 1. The third kappa shape index (κ3) is 4.15. The van der Waals surface area contributed by atoms with Gasteiger partial charge >= 0.3 is 0 Å². The van der Waals surface area contributed by atoms with Gasteiger partial charge in [0.05, 0.1) is 0 Å². The van der Waals surface area contributed by atoms with Gasteiger partial charge in [0.15, 0.2) is 0 Å². The van der Waals surface area contributed by atoms with Crippen LogP contribution in [0.15, 0.2) is 16.3 Å². The van der Waals surface area contributed by atoms with Crippen LogP contribution in [0.1, 0.15) is 23.0 Å². The predicted octanol–water partition coefficient (Wildman–Crippen LogP) is 2.20. The van der Waals surface area contributed by atoms with Crippen LogP contribution < -0.4 is 10.6 Å². The van der Waals surface area contributed by atoms with Gasteiger partial charge in [-0.3, -0.25) is 4.79 Å². The second-order valence-electron chi connectivity index (χ2n) is 3.32. The third-order valence-electron chi connectivity index (χ3n) is 2.07. The summed E-state index contributed by atoms with van der Waals surface area (Å²) >= 11 is 3.11. The second kappa shape index (κ2) is 7.70. The molecule has 1 amide bonds. The Kier molecular flexibility index (Phi) is 6.52. The van der Waals surface area contributed by atoms with Gasteiger partial charge in [-0.2, -0.15) is 0 Å². The minimum atomic E-state index is 0.0395. The second-order valence-corrected chi connectivity index (χ2v) is 5.09. The Labute approximate surface area is 105 Å². The molecule has 0 aromatic carbocycles. The van der Waals surface area contributed by atoms with Crippen LogP contribution in [-0.2, 0) is 0 Å². The largest absolute Gasteiger partial charge is 0.350 e. The van der Waals surface area contributed by atoms with Crippen molar-refractivity contribution >= 4 is 29.0 Å². The van der Waals surface area contributed by atoms with Crippen LogP contribution in [0, 0.1) is 0 Å². The van der Waals surface area contributed by atoms with E-state index in [9.17, 15) is 4.79 Å². The van der Waals surface area contributed by atoms with Crippen LogP contribution in [0.4, 0.5) is 0 Å². The summed E-state index contributed by atoms with van der Waals surface area (Å²) in [5.41, 5.74) is 0. The smallest absolute Gasteiger partial charge is 0.262 e. The fourth-order valence-corrected chi connectivity index (χ4v) is 2.94. The van der Waals surface area contributed by atoms with Crippen LogP contribution >= 0.6 is 23.1 Å². The zero-order valence-corrected chi connectivity index (χ0v) is 11.3. The van der Waals surface area contributed by atoms with Gasteiger partial charge in [0.2, 0.25) is 0 Å². The third-order valence-corrected chi connectivity index (χ3v) is 3.89. The monoisotopic (exact) mass is 258 g/mol. The predicted molar refractivity (Wildman–Crippen MR) is 71.6 cm³/mol. The molecule has 0 spiro atoms. The highest BCUT2D eigenvalue weighted by atomic mass is 32.2. The Morgan fingerprint density at radius 2 is 2.25 bits per heavy atom. The summed E-state index contributed by atoms with van der Waals surface area (Å²) in [6.45, 7) is 4.65. The molecule has 0 unspecified atom stereocenters. The van der Waals surface area contributed by atoms with E-state index in [2.05, 4.69) is 17.6 Å². The van der Waals surface area contributed by atoms with Gasteiger partial charge in [-0.25, -0.2) is 0 Å². The molecule has 3 nitrogen and oxygen atoms in total. The fourth-order valence-electron chi connectivity index (χ4n) is 1.27. The minimum absolute atomic E-state index is 0.0395. The highest BCUT2D eigenvalue weighted by molar-refractivity contribution is 7.98. The van der Waals surface area contributed by atoms with Gasteiger partial charge in [0, 0.05) is 18.0 Å². The van der Waals surface area contributed by atoms with Crippen LogP contribution in [-0.4, -0.2) is 31.8 Å². The SMILES string of the molecule is CCCNCCNC(=O)c1sccc1SC. The van der Waals surface area contributed by atoms with Crippen LogP contribution in [0.5, 0.6) is 0 Å². The van der Waals surface area contributed by atoms with Crippen LogP contribution in [0.3, 0.4) is 0 Å². The maximum Gasteiger partial charge on any atom is 0.262 e.